The summed E-state index contributed by atoms with van der Waals surface area (Å²) < 4.78 is 0. The van der Waals surface area contributed by atoms with E-state index in [0.717, 1.165) is 34.4 Å². The minimum atomic E-state index is -0.228. The highest BCUT2D eigenvalue weighted by Gasteiger charge is 2.24. The Morgan fingerprint density at radius 2 is 1.66 bits per heavy atom. The van der Waals surface area contributed by atoms with E-state index in [-0.39, 0.29) is 10.6 Å². The van der Waals surface area contributed by atoms with Crippen molar-refractivity contribution in [2.75, 3.05) is 0 Å². The van der Waals surface area contributed by atoms with Gasteiger partial charge in [-0.05, 0) is 69.3 Å². The Labute approximate surface area is 186 Å². The molecule has 0 saturated carbocycles. The molecule has 1 aliphatic carbocycles. The molecule has 1 heterocycles. The van der Waals surface area contributed by atoms with Crippen LogP contribution in [0.1, 0.15) is 36.8 Å². The van der Waals surface area contributed by atoms with Gasteiger partial charge < -0.3 is 0 Å². The van der Waals surface area contributed by atoms with Gasteiger partial charge in [-0.3, -0.25) is 15.1 Å². The molecule has 4 aromatic carbocycles. The Morgan fingerprint density at radius 1 is 0.906 bits per heavy atom. The summed E-state index contributed by atoms with van der Waals surface area (Å²) in [6.07, 6.45) is 6.89. The zero-order valence-electron chi connectivity index (χ0n) is 18.0. The van der Waals surface area contributed by atoms with Gasteiger partial charge in [0.05, 0.1) is 10.3 Å². The number of hydrogen-bond acceptors (Lipinski definition) is 3. The molecule has 0 fully saturated rings. The van der Waals surface area contributed by atoms with Crippen molar-refractivity contribution in [3.8, 4) is 0 Å². The highest BCUT2D eigenvalue weighted by atomic mass is 16.6. The molecule has 4 heteroatoms. The van der Waals surface area contributed by atoms with Gasteiger partial charge in [0.2, 0.25) is 0 Å². The van der Waals surface area contributed by atoms with E-state index in [0.29, 0.717) is 5.92 Å². The molecular formula is C28H24N2O2. The monoisotopic (exact) mass is 420 g/mol. The fourth-order valence-corrected chi connectivity index (χ4v) is 4.91. The largest absolute Gasteiger partial charge is 0.278 e. The first-order valence-corrected chi connectivity index (χ1v) is 11.0. The maximum absolute atomic E-state index is 11.6. The summed E-state index contributed by atoms with van der Waals surface area (Å²) in [6, 6.07) is 24.1. The molecule has 6 rings (SSSR count). The van der Waals surface area contributed by atoms with Gasteiger partial charge in [-0.1, -0.05) is 67.6 Å². The number of hydrogen-bond donors (Lipinski definition) is 0. The quantitative estimate of drug-likeness (QED) is 0.160. The van der Waals surface area contributed by atoms with E-state index in [4.69, 9.17) is 0 Å². The molecule has 0 amide bonds. The molecule has 0 saturated heterocycles. The molecule has 5 aromatic rings. The molecule has 0 radical (unpaired) electrons. The van der Waals surface area contributed by atoms with Gasteiger partial charge in [-0.15, -0.1) is 0 Å². The number of aromatic nitrogens is 1. The van der Waals surface area contributed by atoms with Crippen LogP contribution >= 0.6 is 0 Å². The lowest BCUT2D eigenvalue weighted by Gasteiger charge is -2.24. The van der Waals surface area contributed by atoms with E-state index in [1.54, 1.807) is 6.07 Å². The van der Waals surface area contributed by atoms with Crippen LogP contribution in [0, 0.1) is 10.1 Å². The summed E-state index contributed by atoms with van der Waals surface area (Å²) in [5.41, 5.74) is 2.73. The van der Waals surface area contributed by atoms with Gasteiger partial charge in [-0.25, -0.2) is 0 Å². The summed E-state index contributed by atoms with van der Waals surface area (Å²) in [5.74, 6) is 0.485. The molecule has 0 bridgehead atoms. The molecule has 1 aliphatic rings. The molecular weight excluding hydrogens is 396 g/mol. The van der Waals surface area contributed by atoms with E-state index in [9.17, 15) is 10.1 Å². The first kappa shape index (κ1) is 20.1. The summed E-state index contributed by atoms with van der Waals surface area (Å²) in [6.45, 7) is 2.22. The van der Waals surface area contributed by atoms with Gasteiger partial charge in [0.1, 0.15) is 0 Å². The first-order chi connectivity index (χ1) is 15.6. The molecule has 1 atom stereocenters. The molecule has 158 valence electrons. The van der Waals surface area contributed by atoms with Crippen molar-refractivity contribution in [3.05, 3.63) is 106 Å². The maximum atomic E-state index is 11.6. The Morgan fingerprint density at radius 3 is 2.44 bits per heavy atom. The minimum Gasteiger partial charge on any atom is -0.264 e. The van der Waals surface area contributed by atoms with Crippen LogP contribution in [0.15, 0.2) is 85.2 Å². The number of nitro benzene ring substituents is 1. The normalized spacial score (nSPS) is 15.2. The van der Waals surface area contributed by atoms with Crippen molar-refractivity contribution in [1.29, 1.82) is 0 Å². The lowest BCUT2D eigenvalue weighted by molar-refractivity contribution is -0.383. The van der Waals surface area contributed by atoms with Crippen LogP contribution in [0.2, 0.25) is 0 Å². The summed E-state index contributed by atoms with van der Waals surface area (Å²) in [5, 5.41) is 18.0. The second-order valence-electron chi connectivity index (χ2n) is 8.45. The maximum Gasteiger partial charge on any atom is 0.278 e. The SMILES string of the molecule is CC1CCCc2c1ccc1c2c([N+](=O)[O-])cc2ccccc21.c1ccc2cnccc2c1. The second kappa shape index (κ2) is 8.39. The van der Waals surface area contributed by atoms with Crippen molar-refractivity contribution in [3.63, 3.8) is 0 Å². The van der Waals surface area contributed by atoms with Gasteiger partial charge in [0.15, 0.2) is 0 Å². The molecule has 4 nitrogen and oxygen atoms in total. The third-order valence-corrected chi connectivity index (χ3v) is 6.49. The fraction of sp³-hybridized carbons (Fsp3) is 0.179. The Hall–Kier alpha value is -3.79. The predicted molar refractivity (Wildman–Crippen MR) is 131 cm³/mol. The van der Waals surface area contributed by atoms with E-state index >= 15 is 0 Å². The van der Waals surface area contributed by atoms with Gasteiger partial charge in [-0.2, -0.15) is 0 Å². The van der Waals surface area contributed by atoms with Crippen LogP contribution in [0.4, 0.5) is 5.69 Å². The predicted octanol–water partition coefficient (Wildman–Crippen LogP) is 7.58. The van der Waals surface area contributed by atoms with Gasteiger partial charge in [0.25, 0.3) is 5.69 Å². The summed E-state index contributed by atoms with van der Waals surface area (Å²) in [7, 11) is 0. The van der Waals surface area contributed by atoms with Crippen LogP contribution in [-0.4, -0.2) is 9.91 Å². The highest BCUT2D eigenvalue weighted by molar-refractivity contribution is 6.13. The fourth-order valence-electron chi connectivity index (χ4n) is 4.91. The van der Waals surface area contributed by atoms with Crippen molar-refractivity contribution in [1.82, 2.24) is 4.98 Å². The zero-order chi connectivity index (χ0) is 22.1. The standard InChI is InChI=1S/C19H17NO2.C9H7N/c1-12-5-4-8-16-14(12)9-10-17-15-7-3-2-6-13(15)11-18(19(16)17)20(21)22;1-2-4-9-7-10-6-5-8(9)3-1/h2-3,6-7,9-12H,4-5,8H2,1H3;1-7H. The van der Waals surface area contributed by atoms with Gasteiger partial charge in [0, 0.05) is 18.5 Å². The number of nitrogens with zero attached hydrogens (tertiary/aromatic N) is 2. The van der Waals surface area contributed by atoms with Crippen LogP contribution in [0.5, 0.6) is 0 Å². The molecule has 0 aliphatic heterocycles. The summed E-state index contributed by atoms with van der Waals surface area (Å²) in [4.78, 5) is 15.4. The number of benzene rings is 4. The third kappa shape index (κ3) is 3.58. The van der Waals surface area contributed by atoms with E-state index in [1.807, 2.05) is 48.8 Å². The van der Waals surface area contributed by atoms with Crippen LogP contribution < -0.4 is 0 Å². The van der Waals surface area contributed by atoms with Crippen molar-refractivity contribution >= 4 is 38.0 Å². The molecule has 32 heavy (non-hydrogen) atoms. The third-order valence-electron chi connectivity index (χ3n) is 6.49. The topological polar surface area (TPSA) is 56.0 Å². The zero-order valence-corrected chi connectivity index (χ0v) is 18.0. The minimum absolute atomic E-state index is 0.228. The highest BCUT2D eigenvalue weighted by Crippen LogP contribution is 2.42. The number of pyridine rings is 1. The molecule has 0 spiro atoms. The Balaban J connectivity index is 0.000000180. The van der Waals surface area contributed by atoms with Crippen molar-refractivity contribution < 1.29 is 4.92 Å². The number of non-ortho nitro benzene ring substituents is 1. The molecule has 1 aromatic heterocycles. The van der Waals surface area contributed by atoms with E-state index in [1.165, 1.54) is 28.3 Å². The second-order valence-corrected chi connectivity index (χ2v) is 8.45. The summed E-state index contributed by atoms with van der Waals surface area (Å²) >= 11 is 0. The van der Waals surface area contributed by atoms with E-state index < -0.39 is 0 Å². The molecule has 0 N–H and O–H groups in total. The van der Waals surface area contributed by atoms with Crippen LogP contribution in [-0.2, 0) is 6.42 Å². The Kier molecular flexibility index (Phi) is 5.28. The van der Waals surface area contributed by atoms with Crippen molar-refractivity contribution in [2.45, 2.75) is 32.1 Å². The van der Waals surface area contributed by atoms with E-state index in [2.05, 4.69) is 42.2 Å². The Bertz CT molecular complexity index is 1390. The first-order valence-electron chi connectivity index (χ1n) is 11.0. The number of nitro groups is 1. The number of fused-ring (bicyclic) bond motifs is 6. The smallest absolute Gasteiger partial charge is 0.264 e. The average Bonchev–Trinajstić information content (AvgIpc) is 2.84. The van der Waals surface area contributed by atoms with Gasteiger partial charge >= 0.3 is 0 Å². The van der Waals surface area contributed by atoms with Crippen molar-refractivity contribution in [2.24, 2.45) is 0 Å². The number of rotatable bonds is 1. The van der Waals surface area contributed by atoms with Crippen LogP contribution in [0.3, 0.4) is 0 Å². The lowest BCUT2D eigenvalue weighted by atomic mass is 9.80. The lowest BCUT2D eigenvalue weighted by Crippen LogP contribution is -2.08. The van der Waals surface area contributed by atoms with Crippen LogP contribution in [0.25, 0.3) is 32.3 Å². The molecule has 1 unspecified atom stereocenters. The number of aryl methyl sites for hydroxylation is 1. The average molecular weight is 421 g/mol.